The maximum Gasteiger partial charge on any atom is 0.341 e. The molecule has 4 N–H and O–H groups in total. The van der Waals surface area contributed by atoms with Crippen molar-refractivity contribution in [3.63, 3.8) is 0 Å². The summed E-state index contributed by atoms with van der Waals surface area (Å²) < 4.78 is 29.8. The molecule has 2 heterocycles. The van der Waals surface area contributed by atoms with Gasteiger partial charge in [-0.15, -0.1) is 0 Å². The van der Waals surface area contributed by atoms with Gasteiger partial charge in [0.25, 0.3) is 0 Å². The number of piperazine rings is 1. The zero-order chi connectivity index (χ0) is 28.1. The molecule has 38 heavy (non-hydrogen) atoms. The first kappa shape index (κ1) is 28.2. The molecule has 0 bridgehead atoms. The smallest absolute Gasteiger partial charge is 0.341 e. The minimum absolute atomic E-state index is 0.0374. The number of benzene rings is 2. The highest BCUT2D eigenvalue weighted by Gasteiger charge is 2.22. The second-order valence-electron chi connectivity index (χ2n) is 8.59. The number of aromatic carboxylic acids is 1. The standard InChI is InChI=1S/C21H19F2N3O3.C4H6O5/c1-24-6-8-25(9-7-24)19-11-18-15(10-17(19)23)20(27)16(21(28)29)12-26(18)14-4-2-13(22)3-5-14;5-2(4(8)9)1-3(6)7/h2-5,10-12H,6-9H2,1H3,(H,28,29);2,5H,1H2,(H,6,7)(H,8,9). The predicted molar refractivity (Wildman–Crippen MR) is 132 cm³/mol. The molecule has 202 valence electrons. The number of halogens is 2. The van der Waals surface area contributed by atoms with Crippen molar-refractivity contribution in [1.82, 2.24) is 9.47 Å². The number of fused-ring (bicyclic) bond motifs is 1. The summed E-state index contributed by atoms with van der Waals surface area (Å²) in [5, 5.41) is 33.5. The number of aromatic nitrogens is 1. The molecule has 0 aliphatic carbocycles. The number of nitrogens with zero attached hydrogens (tertiary/aromatic N) is 3. The van der Waals surface area contributed by atoms with E-state index in [0.717, 1.165) is 19.2 Å². The SMILES string of the molecule is CN1CCN(c2cc3c(cc2F)c(=O)c(C(=O)O)cn3-c2ccc(F)cc2)CC1.O=C(O)CC(O)C(=O)O. The molecule has 1 atom stereocenters. The Morgan fingerprint density at radius 3 is 2.08 bits per heavy atom. The molecule has 11 nitrogen and oxygen atoms in total. The van der Waals surface area contributed by atoms with Gasteiger partial charge in [0.05, 0.1) is 17.6 Å². The van der Waals surface area contributed by atoms with Gasteiger partial charge in [0.2, 0.25) is 5.43 Å². The van der Waals surface area contributed by atoms with E-state index in [0.29, 0.717) is 30.0 Å². The lowest BCUT2D eigenvalue weighted by Crippen LogP contribution is -2.44. The number of aliphatic hydroxyl groups is 1. The number of anilines is 1. The van der Waals surface area contributed by atoms with E-state index in [9.17, 15) is 33.1 Å². The second-order valence-corrected chi connectivity index (χ2v) is 8.59. The number of carboxylic acids is 3. The van der Waals surface area contributed by atoms with Gasteiger partial charge >= 0.3 is 17.9 Å². The Morgan fingerprint density at radius 2 is 1.58 bits per heavy atom. The second kappa shape index (κ2) is 11.8. The summed E-state index contributed by atoms with van der Waals surface area (Å²) >= 11 is 0. The molecule has 0 amide bonds. The number of hydrogen-bond acceptors (Lipinski definition) is 7. The first-order valence-corrected chi connectivity index (χ1v) is 11.3. The Hall–Kier alpha value is -4.36. The zero-order valence-corrected chi connectivity index (χ0v) is 20.2. The molecular formula is C25H25F2N3O8. The van der Waals surface area contributed by atoms with Crippen molar-refractivity contribution in [2.45, 2.75) is 12.5 Å². The number of hydrogen-bond donors (Lipinski definition) is 4. The topological polar surface area (TPSA) is 161 Å². The third kappa shape index (κ3) is 6.49. The predicted octanol–water partition coefficient (Wildman–Crippen LogP) is 1.63. The summed E-state index contributed by atoms with van der Waals surface area (Å²) in [6.07, 6.45) is -1.34. The van der Waals surface area contributed by atoms with Gasteiger partial charge < -0.3 is 34.8 Å². The van der Waals surface area contributed by atoms with Gasteiger partial charge in [-0.3, -0.25) is 9.59 Å². The number of aliphatic hydroxyl groups excluding tert-OH is 1. The average Bonchev–Trinajstić information content (AvgIpc) is 2.85. The molecule has 1 fully saturated rings. The van der Waals surface area contributed by atoms with Crippen LogP contribution in [0.3, 0.4) is 0 Å². The van der Waals surface area contributed by atoms with Gasteiger partial charge in [-0.05, 0) is 43.4 Å². The van der Waals surface area contributed by atoms with Crippen LogP contribution in [0.4, 0.5) is 14.5 Å². The first-order valence-electron chi connectivity index (χ1n) is 11.3. The number of rotatable bonds is 6. The molecule has 0 saturated carbocycles. The fraction of sp³-hybridized carbons (Fsp3) is 0.280. The van der Waals surface area contributed by atoms with E-state index in [4.69, 9.17) is 15.3 Å². The summed E-state index contributed by atoms with van der Waals surface area (Å²) in [5.41, 5.74) is -0.0519. The van der Waals surface area contributed by atoms with Crippen LogP contribution < -0.4 is 10.3 Å². The zero-order valence-electron chi connectivity index (χ0n) is 20.2. The molecule has 13 heteroatoms. The molecule has 4 rings (SSSR count). The number of likely N-dealkylation sites (N-methyl/N-ethyl adjacent to an activating group) is 1. The number of carboxylic acid groups (broad SMARTS) is 3. The third-order valence-corrected chi connectivity index (χ3v) is 5.90. The highest BCUT2D eigenvalue weighted by molar-refractivity contribution is 5.94. The van der Waals surface area contributed by atoms with Crippen LogP contribution in [0.15, 0.2) is 47.4 Å². The molecule has 0 radical (unpaired) electrons. The summed E-state index contributed by atoms with van der Waals surface area (Å²) in [6, 6.07) is 8.09. The van der Waals surface area contributed by atoms with Crippen LogP contribution in [0.1, 0.15) is 16.8 Å². The monoisotopic (exact) mass is 533 g/mol. The molecule has 1 unspecified atom stereocenters. The molecule has 1 aliphatic heterocycles. The normalized spacial score (nSPS) is 14.5. The van der Waals surface area contributed by atoms with Crippen LogP contribution in [0.25, 0.3) is 16.6 Å². The van der Waals surface area contributed by atoms with E-state index in [1.54, 1.807) is 6.07 Å². The van der Waals surface area contributed by atoms with Crippen LogP contribution >= 0.6 is 0 Å². The highest BCUT2D eigenvalue weighted by Crippen LogP contribution is 2.28. The van der Waals surface area contributed by atoms with E-state index in [-0.39, 0.29) is 5.39 Å². The van der Waals surface area contributed by atoms with Crippen molar-refractivity contribution < 1.29 is 43.6 Å². The van der Waals surface area contributed by atoms with Crippen molar-refractivity contribution in [2.24, 2.45) is 0 Å². The molecule has 0 spiro atoms. The fourth-order valence-corrected chi connectivity index (χ4v) is 3.84. The summed E-state index contributed by atoms with van der Waals surface area (Å²) in [6.45, 7) is 2.82. The average molecular weight is 533 g/mol. The van der Waals surface area contributed by atoms with Gasteiger partial charge in [0, 0.05) is 43.4 Å². The number of pyridine rings is 1. The van der Waals surface area contributed by atoms with Gasteiger partial charge in [0.1, 0.15) is 17.2 Å². The van der Waals surface area contributed by atoms with Crippen molar-refractivity contribution in [2.75, 3.05) is 38.1 Å². The third-order valence-electron chi connectivity index (χ3n) is 5.90. The highest BCUT2D eigenvalue weighted by atomic mass is 19.1. The van der Waals surface area contributed by atoms with Gasteiger partial charge in [-0.25, -0.2) is 18.4 Å². The molecule has 1 aromatic heterocycles. The Bertz CT molecular complexity index is 1420. The quantitative estimate of drug-likeness (QED) is 0.367. The minimum Gasteiger partial charge on any atom is -0.481 e. The van der Waals surface area contributed by atoms with Crippen LogP contribution in [0, 0.1) is 11.6 Å². The van der Waals surface area contributed by atoms with Crippen molar-refractivity contribution in [1.29, 1.82) is 0 Å². The fourth-order valence-electron chi connectivity index (χ4n) is 3.84. The summed E-state index contributed by atoms with van der Waals surface area (Å²) in [5.74, 6) is -5.27. The van der Waals surface area contributed by atoms with Crippen LogP contribution in [-0.2, 0) is 9.59 Å². The van der Waals surface area contributed by atoms with E-state index >= 15 is 0 Å². The van der Waals surface area contributed by atoms with Crippen LogP contribution in [-0.4, -0.2) is 87.1 Å². The van der Waals surface area contributed by atoms with E-state index in [2.05, 4.69) is 4.90 Å². The maximum atomic E-state index is 14.9. The maximum absolute atomic E-state index is 14.9. The molecule has 3 aromatic rings. The lowest BCUT2D eigenvalue weighted by atomic mass is 10.1. The largest absolute Gasteiger partial charge is 0.481 e. The Kier molecular flexibility index (Phi) is 8.76. The summed E-state index contributed by atoms with van der Waals surface area (Å²) in [7, 11) is 1.99. The van der Waals surface area contributed by atoms with E-state index < -0.39 is 53.1 Å². The van der Waals surface area contributed by atoms with Crippen molar-refractivity contribution in [3.05, 3.63) is 70.0 Å². The minimum atomic E-state index is -1.79. The van der Waals surface area contributed by atoms with Crippen molar-refractivity contribution >= 4 is 34.5 Å². The number of aliphatic carboxylic acids is 2. The Labute approximate surface area is 214 Å². The summed E-state index contributed by atoms with van der Waals surface area (Å²) in [4.78, 5) is 47.7. The molecular weight excluding hydrogens is 508 g/mol. The van der Waals surface area contributed by atoms with Crippen LogP contribution in [0.2, 0.25) is 0 Å². The van der Waals surface area contributed by atoms with Crippen LogP contribution in [0.5, 0.6) is 0 Å². The van der Waals surface area contributed by atoms with Gasteiger partial charge in [0.15, 0.2) is 6.10 Å². The molecule has 2 aromatic carbocycles. The lowest BCUT2D eigenvalue weighted by molar-refractivity contribution is -0.152. The van der Waals surface area contributed by atoms with Gasteiger partial charge in [-0.1, -0.05) is 0 Å². The first-order chi connectivity index (χ1) is 17.9. The lowest BCUT2D eigenvalue weighted by Gasteiger charge is -2.34. The van der Waals surface area contributed by atoms with E-state index in [1.165, 1.54) is 35.0 Å². The molecule has 1 aliphatic rings. The Balaban J connectivity index is 0.000000383. The van der Waals surface area contributed by atoms with Gasteiger partial charge in [-0.2, -0.15) is 0 Å². The van der Waals surface area contributed by atoms with Crippen molar-refractivity contribution in [3.8, 4) is 5.69 Å². The Morgan fingerprint density at radius 1 is 0.974 bits per heavy atom. The molecule has 1 saturated heterocycles. The number of carbonyl (C=O) groups is 3. The van der Waals surface area contributed by atoms with E-state index in [1.807, 2.05) is 11.9 Å².